The molecule has 3 aromatic carbocycles. The Morgan fingerprint density at radius 3 is 2.26 bits per heavy atom. The first-order valence-corrected chi connectivity index (χ1v) is 9.95. The molecule has 9 nitrogen and oxygen atoms in total. The third kappa shape index (κ3) is 5.83. The number of hydrogen-bond donors (Lipinski definition) is 1. The normalized spacial score (nSPS) is 10.7. The van der Waals surface area contributed by atoms with Crippen LogP contribution in [-0.4, -0.2) is 23.9 Å². The number of benzene rings is 3. The first kappa shape index (κ1) is 23.7. The number of nitriles is 1. The lowest BCUT2D eigenvalue weighted by Gasteiger charge is -2.08. The van der Waals surface area contributed by atoms with E-state index in [4.69, 9.17) is 9.47 Å². The van der Waals surface area contributed by atoms with Crippen LogP contribution in [0.5, 0.6) is 11.5 Å². The molecule has 0 saturated carbocycles. The van der Waals surface area contributed by atoms with Crippen LogP contribution < -0.4 is 14.8 Å². The monoisotopic (exact) mass is 457 g/mol. The van der Waals surface area contributed by atoms with E-state index >= 15 is 0 Å². The molecule has 9 heteroatoms. The highest BCUT2D eigenvalue weighted by Gasteiger charge is 2.14. The molecule has 0 radical (unpaired) electrons. The Morgan fingerprint density at radius 1 is 1.03 bits per heavy atom. The largest absolute Gasteiger partial charge is 0.497 e. The molecule has 3 rings (SSSR count). The number of nitrogens with one attached hydrogen (secondary N) is 1. The molecule has 0 heterocycles. The van der Waals surface area contributed by atoms with Gasteiger partial charge < -0.3 is 14.8 Å². The summed E-state index contributed by atoms with van der Waals surface area (Å²) in [6.45, 7) is 1.68. The van der Waals surface area contributed by atoms with Crippen molar-refractivity contribution < 1.29 is 24.0 Å². The van der Waals surface area contributed by atoms with Crippen LogP contribution in [0.2, 0.25) is 0 Å². The van der Waals surface area contributed by atoms with E-state index in [9.17, 15) is 25.0 Å². The molecule has 170 valence electrons. The summed E-state index contributed by atoms with van der Waals surface area (Å²) in [4.78, 5) is 35.2. The molecule has 0 unspecified atom stereocenters. The third-order valence-corrected chi connectivity index (χ3v) is 4.77. The number of aryl methyl sites for hydroxylation is 1. The van der Waals surface area contributed by atoms with E-state index in [2.05, 4.69) is 5.32 Å². The smallest absolute Gasteiger partial charge is 0.343 e. The van der Waals surface area contributed by atoms with Crippen LogP contribution in [0.15, 0.2) is 72.3 Å². The second-order valence-corrected chi connectivity index (χ2v) is 7.07. The van der Waals surface area contributed by atoms with Gasteiger partial charge in [0.2, 0.25) is 0 Å². The number of nitro groups is 1. The van der Waals surface area contributed by atoms with Crippen molar-refractivity contribution in [1.82, 2.24) is 0 Å². The van der Waals surface area contributed by atoms with E-state index in [0.717, 1.165) is 0 Å². The summed E-state index contributed by atoms with van der Waals surface area (Å²) in [6.07, 6.45) is 1.36. The van der Waals surface area contributed by atoms with Crippen molar-refractivity contribution in [3.05, 3.63) is 99.1 Å². The van der Waals surface area contributed by atoms with Crippen molar-refractivity contribution >= 4 is 29.3 Å². The molecule has 0 aliphatic carbocycles. The fourth-order valence-corrected chi connectivity index (χ4v) is 2.89. The van der Waals surface area contributed by atoms with Gasteiger partial charge in [-0.05, 0) is 60.5 Å². The quantitative estimate of drug-likeness (QED) is 0.136. The molecule has 0 atom stereocenters. The van der Waals surface area contributed by atoms with E-state index in [1.54, 1.807) is 43.3 Å². The maximum atomic E-state index is 12.5. The fraction of sp³-hybridized carbons (Fsp3) is 0.0800. The van der Waals surface area contributed by atoms with Gasteiger partial charge in [-0.25, -0.2) is 4.79 Å². The van der Waals surface area contributed by atoms with Gasteiger partial charge in [0.1, 0.15) is 23.1 Å². The van der Waals surface area contributed by atoms with Gasteiger partial charge in [0, 0.05) is 12.1 Å². The van der Waals surface area contributed by atoms with Crippen molar-refractivity contribution in [2.45, 2.75) is 6.92 Å². The van der Waals surface area contributed by atoms with Gasteiger partial charge in [-0.1, -0.05) is 18.2 Å². The molecule has 0 spiro atoms. The fourth-order valence-electron chi connectivity index (χ4n) is 2.89. The lowest BCUT2D eigenvalue weighted by atomic mass is 10.1. The number of ether oxygens (including phenoxy) is 2. The molecule has 0 aliphatic rings. The number of rotatable bonds is 7. The maximum absolute atomic E-state index is 12.5. The Balaban J connectivity index is 1.71. The Kier molecular flexibility index (Phi) is 7.36. The van der Waals surface area contributed by atoms with E-state index in [1.807, 2.05) is 6.07 Å². The number of methoxy groups -OCH3 is 1. The van der Waals surface area contributed by atoms with Crippen LogP contribution in [0.3, 0.4) is 0 Å². The number of hydrogen-bond acceptors (Lipinski definition) is 7. The summed E-state index contributed by atoms with van der Waals surface area (Å²) in [5.41, 5.74) is 1.34. The van der Waals surface area contributed by atoms with Crippen LogP contribution >= 0.6 is 0 Å². The topological polar surface area (TPSA) is 132 Å². The number of anilines is 1. The number of carbonyl (C=O) groups excluding carboxylic acids is 2. The maximum Gasteiger partial charge on any atom is 0.343 e. The van der Waals surface area contributed by atoms with Crippen LogP contribution in [0.4, 0.5) is 11.4 Å². The number of nitro benzene ring substituents is 1. The second kappa shape index (κ2) is 10.6. The van der Waals surface area contributed by atoms with Crippen LogP contribution in [0.1, 0.15) is 21.5 Å². The van der Waals surface area contributed by atoms with E-state index in [1.165, 1.54) is 43.5 Å². The van der Waals surface area contributed by atoms with Gasteiger partial charge in [0.05, 0.1) is 23.3 Å². The van der Waals surface area contributed by atoms with Crippen molar-refractivity contribution in [2.75, 3.05) is 12.4 Å². The summed E-state index contributed by atoms with van der Waals surface area (Å²) >= 11 is 0. The van der Waals surface area contributed by atoms with E-state index < -0.39 is 16.8 Å². The molecule has 0 aliphatic heterocycles. The summed E-state index contributed by atoms with van der Waals surface area (Å²) in [6, 6.07) is 18.6. The van der Waals surface area contributed by atoms with Crippen LogP contribution in [0, 0.1) is 28.4 Å². The molecule has 0 aromatic heterocycles. The lowest BCUT2D eigenvalue weighted by molar-refractivity contribution is -0.384. The molecule has 0 fully saturated rings. The molecule has 0 saturated heterocycles. The molecule has 34 heavy (non-hydrogen) atoms. The van der Waals surface area contributed by atoms with Gasteiger partial charge in [-0.3, -0.25) is 14.9 Å². The number of amides is 1. The zero-order valence-corrected chi connectivity index (χ0v) is 18.3. The Hall–Kier alpha value is -4.97. The van der Waals surface area contributed by atoms with E-state index in [0.29, 0.717) is 22.4 Å². The molecule has 3 aromatic rings. The highest BCUT2D eigenvalue weighted by molar-refractivity contribution is 6.10. The standard InChI is InChI=1S/C25H19N3O6/c1-16-3-8-20(28(31)32)14-23(16)27-24(29)19(15-26)13-17-4-9-22(10-5-17)34-25(30)18-6-11-21(33-2)12-7-18/h3-14H,1-2H3,(H,27,29)/b19-13+. The van der Waals surface area contributed by atoms with Gasteiger partial charge in [-0.15, -0.1) is 0 Å². The molecular formula is C25H19N3O6. The first-order chi connectivity index (χ1) is 16.3. The zero-order valence-electron chi connectivity index (χ0n) is 18.3. The molecule has 1 N–H and O–H groups in total. The van der Waals surface area contributed by atoms with Crippen molar-refractivity contribution in [2.24, 2.45) is 0 Å². The Morgan fingerprint density at radius 2 is 1.68 bits per heavy atom. The molecule has 0 bridgehead atoms. The summed E-state index contributed by atoms with van der Waals surface area (Å²) < 4.78 is 10.4. The number of non-ortho nitro benzene ring substituents is 1. The minimum Gasteiger partial charge on any atom is -0.497 e. The van der Waals surface area contributed by atoms with Gasteiger partial charge in [0.15, 0.2) is 0 Å². The van der Waals surface area contributed by atoms with Crippen LogP contribution in [-0.2, 0) is 4.79 Å². The zero-order chi connectivity index (χ0) is 24.7. The third-order valence-electron chi connectivity index (χ3n) is 4.77. The minimum atomic E-state index is -0.707. The lowest BCUT2D eigenvalue weighted by Crippen LogP contribution is -2.14. The number of nitrogens with zero attached hydrogens (tertiary/aromatic N) is 2. The average Bonchev–Trinajstić information content (AvgIpc) is 2.84. The molecule has 1 amide bonds. The predicted octanol–water partition coefficient (Wildman–Crippen LogP) is 4.68. The SMILES string of the molecule is COc1ccc(C(=O)Oc2ccc(/C=C(\C#N)C(=O)Nc3cc([N+](=O)[O-])ccc3C)cc2)cc1. The summed E-state index contributed by atoms with van der Waals surface area (Å²) in [5.74, 6) is -0.352. The number of carbonyl (C=O) groups is 2. The van der Waals surface area contributed by atoms with Gasteiger partial charge in [0.25, 0.3) is 11.6 Å². The second-order valence-electron chi connectivity index (χ2n) is 7.07. The summed E-state index contributed by atoms with van der Waals surface area (Å²) in [7, 11) is 1.53. The summed E-state index contributed by atoms with van der Waals surface area (Å²) in [5, 5.41) is 22.9. The minimum absolute atomic E-state index is 0.178. The number of esters is 1. The first-order valence-electron chi connectivity index (χ1n) is 9.95. The highest BCUT2D eigenvalue weighted by atomic mass is 16.6. The molecular weight excluding hydrogens is 438 g/mol. The Labute approximate surface area is 195 Å². The Bertz CT molecular complexity index is 1310. The van der Waals surface area contributed by atoms with Gasteiger partial charge in [-0.2, -0.15) is 5.26 Å². The van der Waals surface area contributed by atoms with E-state index in [-0.39, 0.29) is 22.7 Å². The van der Waals surface area contributed by atoms with Gasteiger partial charge >= 0.3 is 5.97 Å². The van der Waals surface area contributed by atoms with Crippen LogP contribution in [0.25, 0.3) is 6.08 Å². The predicted molar refractivity (Wildman–Crippen MR) is 124 cm³/mol. The van der Waals surface area contributed by atoms with Crippen molar-refractivity contribution in [1.29, 1.82) is 5.26 Å². The highest BCUT2D eigenvalue weighted by Crippen LogP contribution is 2.23. The van der Waals surface area contributed by atoms with Crippen molar-refractivity contribution in [3.63, 3.8) is 0 Å². The average molecular weight is 457 g/mol. The van der Waals surface area contributed by atoms with Crippen molar-refractivity contribution in [3.8, 4) is 17.6 Å².